The Morgan fingerprint density at radius 1 is 1.32 bits per heavy atom. The fourth-order valence-electron chi connectivity index (χ4n) is 2.12. The Hall–Kier alpha value is -1.58. The van der Waals surface area contributed by atoms with Crippen molar-refractivity contribution in [3.8, 4) is 0 Å². The molecule has 1 atom stereocenters. The molecule has 0 amide bonds. The van der Waals surface area contributed by atoms with Crippen LogP contribution in [0.1, 0.15) is 33.6 Å². The largest absolute Gasteiger partial charge is 0.464 e. The van der Waals surface area contributed by atoms with E-state index in [2.05, 4.69) is 5.32 Å². The maximum Gasteiger partial charge on any atom is 0.328 e. The van der Waals surface area contributed by atoms with E-state index in [0.717, 1.165) is 12.8 Å². The summed E-state index contributed by atoms with van der Waals surface area (Å²) in [7, 11) is 0. The lowest BCUT2D eigenvalue weighted by atomic mass is 9.94. The van der Waals surface area contributed by atoms with Crippen LogP contribution < -0.4 is 5.32 Å². The van der Waals surface area contributed by atoms with Gasteiger partial charge in [0.1, 0.15) is 11.9 Å². The summed E-state index contributed by atoms with van der Waals surface area (Å²) in [6.07, 6.45) is 1.73. The molecule has 0 saturated heterocycles. The van der Waals surface area contributed by atoms with Crippen molar-refractivity contribution in [1.82, 2.24) is 0 Å². The van der Waals surface area contributed by atoms with Crippen LogP contribution in [0.5, 0.6) is 0 Å². The van der Waals surface area contributed by atoms with Gasteiger partial charge in [-0.3, -0.25) is 0 Å². The molecular weight excluding hydrogens is 245 g/mol. The van der Waals surface area contributed by atoms with Gasteiger partial charge < -0.3 is 10.1 Å². The number of carbonyl (C=O) groups excluding carboxylic acids is 1. The third kappa shape index (κ3) is 4.54. The fourth-order valence-corrected chi connectivity index (χ4v) is 2.12. The number of hydrogen-bond donors (Lipinski definition) is 1. The zero-order chi connectivity index (χ0) is 14.3. The monoisotopic (exact) mass is 267 g/mol. The summed E-state index contributed by atoms with van der Waals surface area (Å²) in [5, 5.41) is 3.09. The maximum absolute atomic E-state index is 13.2. The number of rotatable bonds is 7. The molecule has 1 aromatic carbocycles. The molecule has 0 saturated carbocycles. The van der Waals surface area contributed by atoms with Crippen LogP contribution in [0.4, 0.5) is 10.1 Å². The van der Waals surface area contributed by atoms with E-state index in [9.17, 15) is 9.18 Å². The molecule has 3 nitrogen and oxygen atoms in total. The second-order valence-corrected chi connectivity index (χ2v) is 4.46. The predicted molar refractivity (Wildman–Crippen MR) is 74.5 cm³/mol. The van der Waals surface area contributed by atoms with Gasteiger partial charge >= 0.3 is 5.97 Å². The maximum atomic E-state index is 13.2. The standard InChI is InChI=1S/C15H22FNO2/c1-4-11(5-2)14(15(18)19-6-3)17-13-9-7-8-12(16)10-13/h7-11,14,17H,4-6H2,1-3H3. The van der Waals surface area contributed by atoms with Crippen molar-refractivity contribution in [1.29, 1.82) is 0 Å². The van der Waals surface area contributed by atoms with E-state index in [1.165, 1.54) is 12.1 Å². The summed E-state index contributed by atoms with van der Waals surface area (Å²) in [5.41, 5.74) is 0.602. The summed E-state index contributed by atoms with van der Waals surface area (Å²) in [4.78, 5) is 12.0. The number of nitrogens with one attached hydrogen (secondary N) is 1. The van der Waals surface area contributed by atoms with E-state index < -0.39 is 6.04 Å². The van der Waals surface area contributed by atoms with Crippen molar-refractivity contribution < 1.29 is 13.9 Å². The van der Waals surface area contributed by atoms with E-state index in [4.69, 9.17) is 4.74 Å². The highest BCUT2D eigenvalue weighted by molar-refractivity contribution is 5.79. The van der Waals surface area contributed by atoms with E-state index >= 15 is 0 Å². The topological polar surface area (TPSA) is 38.3 Å². The minimum Gasteiger partial charge on any atom is -0.464 e. The molecule has 0 aliphatic carbocycles. The first-order chi connectivity index (χ1) is 9.12. The van der Waals surface area contributed by atoms with Gasteiger partial charge in [-0.1, -0.05) is 32.8 Å². The molecule has 0 radical (unpaired) electrons. The Kier molecular flexibility index (Phi) is 6.33. The van der Waals surface area contributed by atoms with E-state index in [-0.39, 0.29) is 17.7 Å². The van der Waals surface area contributed by atoms with Gasteiger partial charge in [0.2, 0.25) is 0 Å². The minimum absolute atomic E-state index is 0.169. The predicted octanol–water partition coefficient (Wildman–Crippen LogP) is 3.61. The minimum atomic E-state index is -0.434. The van der Waals surface area contributed by atoms with Crippen LogP contribution in [0.3, 0.4) is 0 Å². The number of ether oxygens (including phenoxy) is 1. The normalized spacial score (nSPS) is 12.3. The van der Waals surface area contributed by atoms with Crippen molar-refractivity contribution in [3.05, 3.63) is 30.1 Å². The first-order valence-corrected chi connectivity index (χ1v) is 6.81. The summed E-state index contributed by atoms with van der Waals surface area (Å²) >= 11 is 0. The highest BCUT2D eigenvalue weighted by Crippen LogP contribution is 2.20. The molecule has 106 valence electrons. The molecule has 0 aliphatic heterocycles. The summed E-state index contributed by atoms with van der Waals surface area (Å²) in [6.45, 7) is 6.20. The van der Waals surface area contributed by atoms with Crippen LogP contribution in [-0.2, 0) is 9.53 Å². The van der Waals surface area contributed by atoms with Gasteiger partial charge in [-0.05, 0) is 31.0 Å². The lowest BCUT2D eigenvalue weighted by Crippen LogP contribution is -2.38. The van der Waals surface area contributed by atoms with Crippen LogP contribution in [0.2, 0.25) is 0 Å². The molecule has 0 spiro atoms. The first-order valence-electron chi connectivity index (χ1n) is 6.81. The molecule has 19 heavy (non-hydrogen) atoms. The highest BCUT2D eigenvalue weighted by Gasteiger charge is 2.27. The summed E-state index contributed by atoms with van der Waals surface area (Å²) in [6, 6.07) is 5.69. The van der Waals surface area contributed by atoms with Crippen LogP contribution >= 0.6 is 0 Å². The van der Waals surface area contributed by atoms with E-state index in [1.807, 2.05) is 13.8 Å². The smallest absolute Gasteiger partial charge is 0.328 e. The lowest BCUT2D eigenvalue weighted by Gasteiger charge is -2.25. The Morgan fingerprint density at radius 2 is 2.00 bits per heavy atom. The van der Waals surface area contributed by atoms with Gasteiger partial charge in [0.05, 0.1) is 6.61 Å². The Morgan fingerprint density at radius 3 is 2.53 bits per heavy atom. The molecule has 0 aliphatic rings. The second kappa shape index (κ2) is 7.77. The van der Waals surface area contributed by atoms with E-state index in [1.54, 1.807) is 19.1 Å². The van der Waals surface area contributed by atoms with Crippen molar-refractivity contribution in [2.24, 2.45) is 5.92 Å². The number of esters is 1. The van der Waals surface area contributed by atoms with Crippen LogP contribution in [0, 0.1) is 11.7 Å². The van der Waals surface area contributed by atoms with E-state index in [0.29, 0.717) is 12.3 Å². The molecule has 0 fully saturated rings. The van der Waals surface area contributed by atoms with Crippen molar-refractivity contribution in [2.75, 3.05) is 11.9 Å². The van der Waals surface area contributed by atoms with Crippen molar-refractivity contribution in [3.63, 3.8) is 0 Å². The van der Waals surface area contributed by atoms with Crippen LogP contribution in [-0.4, -0.2) is 18.6 Å². The number of anilines is 1. The molecule has 1 N–H and O–H groups in total. The zero-order valence-corrected chi connectivity index (χ0v) is 11.8. The molecule has 0 aromatic heterocycles. The number of carbonyl (C=O) groups is 1. The average Bonchev–Trinajstić information content (AvgIpc) is 2.39. The molecule has 0 heterocycles. The molecule has 0 bridgehead atoms. The van der Waals surface area contributed by atoms with Crippen molar-refractivity contribution in [2.45, 2.75) is 39.7 Å². The van der Waals surface area contributed by atoms with Crippen molar-refractivity contribution >= 4 is 11.7 Å². The SMILES string of the molecule is CCOC(=O)C(Nc1cccc(F)c1)C(CC)CC. The molecule has 1 aromatic rings. The number of benzene rings is 1. The zero-order valence-electron chi connectivity index (χ0n) is 11.8. The van der Waals surface area contributed by atoms with Crippen LogP contribution in [0.25, 0.3) is 0 Å². The van der Waals surface area contributed by atoms with Crippen LogP contribution in [0.15, 0.2) is 24.3 Å². The summed E-state index contributed by atoms with van der Waals surface area (Å²) < 4.78 is 18.3. The fraction of sp³-hybridized carbons (Fsp3) is 0.533. The Balaban J connectivity index is 2.87. The van der Waals surface area contributed by atoms with Gasteiger partial charge in [-0.2, -0.15) is 0 Å². The molecular formula is C15H22FNO2. The number of halogens is 1. The van der Waals surface area contributed by atoms with Gasteiger partial charge in [-0.25, -0.2) is 9.18 Å². The average molecular weight is 267 g/mol. The Labute approximate surface area is 114 Å². The van der Waals surface area contributed by atoms with Gasteiger partial charge in [0.25, 0.3) is 0 Å². The van der Waals surface area contributed by atoms with Gasteiger partial charge in [0, 0.05) is 5.69 Å². The molecule has 1 rings (SSSR count). The Bertz CT molecular complexity index is 405. The second-order valence-electron chi connectivity index (χ2n) is 4.46. The quantitative estimate of drug-likeness (QED) is 0.767. The molecule has 4 heteroatoms. The van der Waals surface area contributed by atoms with Gasteiger partial charge in [0.15, 0.2) is 0 Å². The third-order valence-electron chi connectivity index (χ3n) is 3.21. The third-order valence-corrected chi connectivity index (χ3v) is 3.21. The lowest BCUT2D eigenvalue weighted by molar-refractivity contribution is -0.145. The molecule has 1 unspecified atom stereocenters. The summed E-state index contributed by atoms with van der Waals surface area (Å²) in [5.74, 6) is -0.431. The number of hydrogen-bond acceptors (Lipinski definition) is 3. The highest BCUT2D eigenvalue weighted by atomic mass is 19.1. The van der Waals surface area contributed by atoms with Gasteiger partial charge in [-0.15, -0.1) is 0 Å². The first kappa shape index (κ1) is 15.5.